The van der Waals surface area contributed by atoms with Crippen molar-refractivity contribution in [2.45, 2.75) is 13.5 Å². The van der Waals surface area contributed by atoms with Gasteiger partial charge in [0.2, 0.25) is 5.91 Å². The zero-order chi connectivity index (χ0) is 12.5. The van der Waals surface area contributed by atoms with E-state index in [-0.39, 0.29) is 5.91 Å². The quantitative estimate of drug-likeness (QED) is 0.900. The highest BCUT2D eigenvalue weighted by Crippen LogP contribution is 2.30. The molecule has 2 heterocycles. The Morgan fingerprint density at radius 2 is 2.28 bits per heavy atom. The van der Waals surface area contributed by atoms with Crippen LogP contribution in [0.3, 0.4) is 0 Å². The SMILES string of the molecule is Cc1nc(CN2C(=O)CNc3ccccc32)cs1. The zero-order valence-electron chi connectivity index (χ0n) is 10.0. The Balaban J connectivity index is 1.93. The van der Waals surface area contributed by atoms with Crippen molar-refractivity contribution < 1.29 is 4.79 Å². The molecule has 3 rings (SSSR count). The molecule has 0 aliphatic carbocycles. The molecular formula is C13H13N3OS. The summed E-state index contributed by atoms with van der Waals surface area (Å²) in [7, 11) is 0. The maximum atomic E-state index is 12.0. The highest BCUT2D eigenvalue weighted by atomic mass is 32.1. The predicted molar refractivity (Wildman–Crippen MR) is 73.0 cm³/mol. The van der Waals surface area contributed by atoms with E-state index < -0.39 is 0 Å². The summed E-state index contributed by atoms with van der Waals surface area (Å²) >= 11 is 1.61. The second-order valence-corrected chi connectivity index (χ2v) is 5.27. The number of carbonyl (C=O) groups is 1. The molecule has 0 spiro atoms. The first-order valence-corrected chi connectivity index (χ1v) is 6.66. The number of amides is 1. The second-order valence-electron chi connectivity index (χ2n) is 4.21. The number of nitrogens with one attached hydrogen (secondary N) is 1. The number of carbonyl (C=O) groups excluding carboxylic acids is 1. The molecule has 1 aliphatic heterocycles. The van der Waals surface area contributed by atoms with Crippen molar-refractivity contribution in [1.29, 1.82) is 0 Å². The van der Waals surface area contributed by atoms with E-state index in [9.17, 15) is 4.79 Å². The molecule has 4 nitrogen and oxygen atoms in total. The van der Waals surface area contributed by atoms with E-state index in [0.29, 0.717) is 13.1 Å². The molecule has 0 saturated carbocycles. The van der Waals surface area contributed by atoms with Gasteiger partial charge in [-0.25, -0.2) is 4.98 Å². The van der Waals surface area contributed by atoms with Gasteiger partial charge in [0.15, 0.2) is 0 Å². The fourth-order valence-electron chi connectivity index (χ4n) is 2.08. The summed E-state index contributed by atoms with van der Waals surface area (Å²) in [6.07, 6.45) is 0. The standard InChI is InChI=1S/C13H13N3OS/c1-9-15-10(8-18-9)7-16-12-5-3-2-4-11(12)14-6-13(16)17/h2-5,8,14H,6-7H2,1H3. The van der Waals surface area contributed by atoms with Gasteiger partial charge < -0.3 is 10.2 Å². The first kappa shape index (κ1) is 11.2. The summed E-state index contributed by atoms with van der Waals surface area (Å²) in [6, 6.07) is 7.85. The van der Waals surface area contributed by atoms with Crippen LogP contribution in [0.25, 0.3) is 0 Å². The highest BCUT2D eigenvalue weighted by molar-refractivity contribution is 7.09. The lowest BCUT2D eigenvalue weighted by Crippen LogP contribution is -2.39. The van der Waals surface area contributed by atoms with E-state index >= 15 is 0 Å². The van der Waals surface area contributed by atoms with Gasteiger partial charge in [-0.05, 0) is 19.1 Å². The molecular weight excluding hydrogens is 246 g/mol. The Labute approximate surface area is 109 Å². The van der Waals surface area contributed by atoms with Gasteiger partial charge in [0.25, 0.3) is 0 Å². The van der Waals surface area contributed by atoms with E-state index in [1.54, 1.807) is 16.2 Å². The number of para-hydroxylation sites is 2. The number of hydrogen-bond acceptors (Lipinski definition) is 4. The van der Waals surface area contributed by atoms with Gasteiger partial charge in [0.1, 0.15) is 0 Å². The second kappa shape index (κ2) is 4.42. The van der Waals surface area contributed by atoms with Gasteiger partial charge in [-0.3, -0.25) is 4.79 Å². The van der Waals surface area contributed by atoms with Gasteiger partial charge in [0.05, 0.1) is 35.2 Å². The average Bonchev–Trinajstić information content (AvgIpc) is 2.79. The lowest BCUT2D eigenvalue weighted by Gasteiger charge is -2.29. The van der Waals surface area contributed by atoms with Crippen molar-refractivity contribution >= 4 is 28.6 Å². The first-order chi connectivity index (χ1) is 8.74. The van der Waals surface area contributed by atoms with Gasteiger partial charge in [-0.15, -0.1) is 11.3 Å². The number of fused-ring (bicyclic) bond motifs is 1. The van der Waals surface area contributed by atoms with Crippen LogP contribution >= 0.6 is 11.3 Å². The first-order valence-electron chi connectivity index (χ1n) is 5.78. The molecule has 1 amide bonds. The third kappa shape index (κ3) is 1.97. The van der Waals surface area contributed by atoms with Crippen molar-refractivity contribution in [2.75, 3.05) is 16.8 Å². The van der Waals surface area contributed by atoms with Crippen LogP contribution in [0.1, 0.15) is 10.7 Å². The number of anilines is 2. The van der Waals surface area contributed by atoms with Crippen molar-refractivity contribution in [1.82, 2.24) is 4.98 Å². The van der Waals surface area contributed by atoms with Gasteiger partial charge in [-0.1, -0.05) is 12.1 Å². The Bertz CT molecular complexity index is 593. The molecule has 92 valence electrons. The van der Waals surface area contributed by atoms with Gasteiger partial charge in [0, 0.05) is 5.38 Å². The summed E-state index contributed by atoms with van der Waals surface area (Å²) in [4.78, 5) is 18.2. The van der Waals surface area contributed by atoms with E-state index in [0.717, 1.165) is 22.1 Å². The molecule has 0 radical (unpaired) electrons. The molecule has 5 heteroatoms. The van der Waals surface area contributed by atoms with E-state index in [4.69, 9.17) is 0 Å². The molecule has 0 fully saturated rings. The Morgan fingerprint density at radius 3 is 3.06 bits per heavy atom. The molecule has 0 unspecified atom stereocenters. The highest BCUT2D eigenvalue weighted by Gasteiger charge is 2.23. The van der Waals surface area contributed by atoms with Crippen LogP contribution < -0.4 is 10.2 Å². The Hall–Kier alpha value is -1.88. The summed E-state index contributed by atoms with van der Waals surface area (Å²) < 4.78 is 0. The minimum absolute atomic E-state index is 0.0827. The van der Waals surface area contributed by atoms with Gasteiger partial charge >= 0.3 is 0 Å². The largest absolute Gasteiger partial charge is 0.374 e. The summed E-state index contributed by atoms with van der Waals surface area (Å²) in [5.41, 5.74) is 2.88. The Morgan fingerprint density at radius 1 is 1.44 bits per heavy atom. The summed E-state index contributed by atoms with van der Waals surface area (Å²) in [5, 5.41) is 6.16. The molecule has 1 N–H and O–H groups in total. The third-order valence-corrected chi connectivity index (χ3v) is 3.73. The normalized spacial score (nSPS) is 14.3. The molecule has 1 aliphatic rings. The van der Waals surface area contributed by atoms with E-state index in [1.807, 2.05) is 36.6 Å². The third-order valence-electron chi connectivity index (χ3n) is 2.91. The van der Waals surface area contributed by atoms with Crippen LogP contribution in [0.2, 0.25) is 0 Å². The average molecular weight is 259 g/mol. The van der Waals surface area contributed by atoms with Crippen LogP contribution in [0.15, 0.2) is 29.6 Å². The molecule has 18 heavy (non-hydrogen) atoms. The van der Waals surface area contributed by atoms with E-state index in [2.05, 4.69) is 10.3 Å². The number of rotatable bonds is 2. The van der Waals surface area contributed by atoms with Crippen molar-refractivity contribution in [2.24, 2.45) is 0 Å². The number of thiazole rings is 1. The lowest BCUT2D eigenvalue weighted by molar-refractivity contribution is -0.117. The van der Waals surface area contributed by atoms with Crippen LogP contribution in [-0.4, -0.2) is 17.4 Å². The minimum atomic E-state index is 0.0827. The monoisotopic (exact) mass is 259 g/mol. The maximum Gasteiger partial charge on any atom is 0.246 e. The minimum Gasteiger partial charge on any atom is -0.374 e. The summed E-state index contributed by atoms with van der Waals surface area (Å²) in [6.45, 7) is 2.86. The zero-order valence-corrected chi connectivity index (χ0v) is 10.8. The van der Waals surface area contributed by atoms with Crippen molar-refractivity contribution in [3.05, 3.63) is 40.3 Å². The van der Waals surface area contributed by atoms with Gasteiger partial charge in [-0.2, -0.15) is 0 Å². The number of aryl methyl sites for hydroxylation is 1. The molecule has 0 bridgehead atoms. The molecule has 2 aromatic rings. The molecule has 1 aromatic carbocycles. The van der Waals surface area contributed by atoms with Crippen LogP contribution in [0.4, 0.5) is 11.4 Å². The molecule has 1 aromatic heterocycles. The summed E-state index contributed by atoms with van der Waals surface area (Å²) in [5.74, 6) is 0.0827. The van der Waals surface area contributed by atoms with Crippen LogP contribution in [0, 0.1) is 6.92 Å². The van der Waals surface area contributed by atoms with Crippen molar-refractivity contribution in [3.8, 4) is 0 Å². The predicted octanol–water partition coefficient (Wildman–Crippen LogP) is 2.41. The fraction of sp³-hybridized carbons (Fsp3) is 0.231. The fourth-order valence-corrected chi connectivity index (χ4v) is 2.68. The Kier molecular flexibility index (Phi) is 2.76. The van der Waals surface area contributed by atoms with Crippen molar-refractivity contribution in [3.63, 3.8) is 0 Å². The van der Waals surface area contributed by atoms with Crippen LogP contribution in [0.5, 0.6) is 0 Å². The lowest BCUT2D eigenvalue weighted by atomic mass is 10.2. The molecule has 0 saturated heterocycles. The topological polar surface area (TPSA) is 45.2 Å². The van der Waals surface area contributed by atoms with E-state index in [1.165, 1.54) is 0 Å². The number of nitrogens with zero attached hydrogens (tertiary/aromatic N) is 2. The number of hydrogen-bond donors (Lipinski definition) is 1. The van der Waals surface area contributed by atoms with Crippen LogP contribution in [-0.2, 0) is 11.3 Å². The number of aromatic nitrogens is 1. The maximum absolute atomic E-state index is 12.0. The smallest absolute Gasteiger partial charge is 0.246 e. The number of benzene rings is 1. The molecule has 0 atom stereocenters.